The number of carboxylic acid groups (broad SMARTS) is 1. The highest BCUT2D eigenvalue weighted by Crippen LogP contribution is 2.25. The molecule has 0 saturated heterocycles. The molecule has 0 amide bonds. The van der Waals surface area contributed by atoms with Gasteiger partial charge in [-0.1, -0.05) is 12.1 Å². The Bertz CT molecular complexity index is 784. The van der Waals surface area contributed by atoms with Gasteiger partial charge >= 0.3 is 5.97 Å². The van der Waals surface area contributed by atoms with Crippen molar-refractivity contribution < 1.29 is 26.7 Å². The van der Waals surface area contributed by atoms with Gasteiger partial charge in [0.25, 0.3) is 0 Å². The predicted octanol–water partition coefficient (Wildman–Crippen LogP) is -0.121. The molecule has 122 valence electrons. The van der Waals surface area contributed by atoms with Gasteiger partial charge in [-0.25, -0.2) is 21.6 Å². The molecule has 1 aliphatic rings. The number of carbonyl (C=O) groups is 1. The van der Waals surface area contributed by atoms with Crippen LogP contribution in [-0.4, -0.2) is 40.0 Å². The molecule has 2 rings (SSSR count). The van der Waals surface area contributed by atoms with Crippen LogP contribution in [-0.2, 0) is 24.8 Å². The lowest BCUT2D eigenvalue weighted by molar-refractivity contribution is -0.138. The molecule has 0 aliphatic heterocycles. The monoisotopic (exact) mass is 348 g/mol. The normalized spacial score (nSPS) is 17.1. The van der Waals surface area contributed by atoms with E-state index in [1.807, 2.05) is 4.72 Å². The van der Waals surface area contributed by atoms with E-state index in [2.05, 4.69) is 4.72 Å². The Kier molecular flexibility index (Phi) is 4.57. The molecule has 1 aromatic rings. The fourth-order valence-corrected chi connectivity index (χ4v) is 5.06. The van der Waals surface area contributed by atoms with E-state index in [0.29, 0.717) is 12.8 Å². The lowest BCUT2D eigenvalue weighted by atomic mass is 10.4. The van der Waals surface area contributed by atoms with Crippen LogP contribution in [0.2, 0.25) is 0 Å². The lowest BCUT2D eigenvalue weighted by Crippen LogP contribution is -2.39. The number of rotatable bonds is 7. The Balaban J connectivity index is 2.41. The van der Waals surface area contributed by atoms with Gasteiger partial charge < -0.3 is 5.11 Å². The van der Waals surface area contributed by atoms with Crippen molar-refractivity contribution in [2.45, 2.75) is 41.6 Å². The summed E-state index contributed by atoms with van der Waals surface area (Å²) in [6.07, 6.45) is 1.42. The van der Waals surface area contributed by atoms with Crippen LogP contribution < -0.4 is 9.44 Å². The lowest BCUT2D eigenvalue weighted by Gasteiger charge is -2.14. The third-order valence-electron chi connectivity index (χ3n) is 3.03. The molecule has 3 N–H and O–H groups in total. The zero-order chi connectivity index (χ0) is 16.5. The molecule has 0 aromatic heterocycles. The molecule has 8 nitrogen and oxygen atoms in total. The molecule has 0 heterocycles. The Morgan fingerprint density at radius 2 is 1.64 bits per heavy atom. The van der Waals surface area contributed by atoms with Crippen LogP contribution in [0.1, 0.15) is 19.8 Å². The maximum atomic E-state index is 12.3. The molecule has 1 fully saturated rings. The minimum atomic E-state index is -4.28. The quantitative estimate of drug-likeness (QED) is 0.630. The Hall–Kier alpha value is -1.49. The number of sulfonamides is 2. The molecule has 1 saturated carbocycles. The molecule has 1 aliphatic carbocycles. The molecule has 1 aromatic carbocycles. The molecule has 0 spiro atoms. The Morgan fingerprint density at radius 3 is 2.09 bits per heavy atom. The van der Waals surface area contributed by atoms with Crippen molar-refractivity contribution in [3.63, 3.8) is 0 Å². The molecule has 0 bridgehead atoms. The van der Waals surface area contributed by atoms with E-state index >= 15 is 0 Å². The third-order valence-corrected chi connectivity index (χ3v) is 6.34. The molecule has 10 heteroatoms. The van der Waals surface area contributed by atoms with E-state index in [0.717, 1.165) is 13.0 Å². The van der Waals surface area contributed by atoms with Crippen LogP contribution in [0.5, 0.6) is 0 Å². The summed E-state index contributed by atoms with van der Waals surface area (Å²) in [5, 5.41) is 8.79. The van der Waals surface area contributed by atoms with E-state index in [-0.39, 0.29) is 6.04 Å². The standard InChI is InChI=1S/C12H16N2O6S2/c1-8(12(15)16)13-21(17,18)10-4-2-3-5-11(10)22(19,20)14-9-6-7-9/h2-5,8-9,13-14H,6-7H2,1H3,(H,15,16)/t8-/m1/s1. The third kappa shape index (κ3) is 3.83. The van der Waals surface area contributed by atoms with Crippen LogP contribution >= 0.6 is 0 Å². The maximum absolute atomic E-state index is 12.3. The van der Waals surface area contributed by atoms with Crippen molar-refractivity contribution in [1.82, 2.24) is 9.44 Å². The number of aliphatic carboxylic acids is 1. The van der Waals surface area contributed by atoms with E-state index in [1.54, 1.807) is 0 Å². The summed E-state index contributed by atoms with van der Waals surface area (Å²) in [7, 11) is -8.27. The van der Waals surface area contributed by atoms with Gasteiger partial charge in [0.05, 0.1) is 0 Å². The Morgan fingerprint density at radius 1 is 1.14 bits per heavy atom. The predicted molar refractivity (Wildman–Crippen MR) is 77.2 cm³/mol. The maximum Gasteiger partial charge on any atom is 0.321 e. The number of benzene rings is 1. The largest absolute Gasteiger partial charge is 0.480 e. The highest BCUT2D eigenvalue weighted by Gasteiger charge is 2.32. The fraction of sp³-hybridized carbons (Fsp3) is 0.417. The van der Waals surface area contributed by atoms with Crippen molar-refractivity contribution >= 4 is 26.0 Å². The van der Waals surface area contributed by atoms with Crippen LogP contribution in [0.25, 0.3) is 0 Å². The molecular weight excluding hydrogens is 332 g/mol. The fourth-order valence-electron chi connectivity index (χ4n) is 1.72. The second kappa shape index (κ2) is 5.95. The SMILES string of the molecule is C[C@@H](NS(=O)(=O)c1ccccc1S(=O)(=O)NC1CC1)C(=O)O. The summed E-state index contributed by atoms with van der Waals surface area (Å²) in [6, 6.07) is 3.52. The summed E-state index contributed by atoms with van der Waals surface area (Å²) in [5.41, 5.74) is 0. The minimum Gasteiger partial charge on any atom is -0.480 e. The second-order valence-electron chi connectivity index (χ2n) is 5.02. The van der Waals surface area contributed by atoms with Gasteiger partial charge in [0.15, 0.2) is 0 Å². The van der Waals surface area contributed by atoms with E-state index < -0.39 is 41.8 Å². The zero-order valence-electron chi connectivity index (χ0n) is 11.7. The zero-order valence-corrected chi connectivity index (χ0v) is 13.3. The minimum absolute atomic E-state index is 0.174. The number of carboxylic acids is 1. The van der Waals surface area contributed by atoms with Crippen LogP contribution in [0, 0.1) is 0 Å². The molecule has 0 unspecified atom stereocenters. The number of hydrogen-bond acceptors (Lipinski definition) is 5. The van der Waals surface area contributed by atoms with Crippen molar-refractivity contribution in [2.75, 3.05) is 0 Å². The van der Waals surface area contributed by atoms with Crippen LogP contribution in [0.3, 0.4) is 0 Å². The van der Waals surface area contributed by atoms with Crippen LogP contribution in [0.15, 0.2) is 34.1 Å². The molecular formula is C12H16N2O6S2. The summed E-state index contributed by atoms with van der Waals surface area (Å²) >= 11 is 0. The van der Waals surface area contributed by atoms with Crippen molar-refractivity contribution in [1.29, 1.82) is 0 Å². The van der Waals surface area contributed by atoms with Gasteiger partial charge in [-0.05, 0) is 31.9 Å². The summed E-state index contributed by atoms with van der Waals surface area (Å²) in [4.78, 5) is 9.91. The molecule has 1 atom stereocenters. The molecule has 0 radical (unpaired) electrons. The first-order valence-corrected chi connectivity index (χ1v) is 9.46. The number of nitrogens with one attached hydrogen (secondary N) is 2. The van der Waals surface area contributed by atoms with Gasteiger partial charge in [-0.3, -0.25) is 4.79 Å². The second-order valence-corrected chi connectivity index (χ2v) is 8.39. The first-order chi connectivity index (χ1) is 10.1. The van der Waals surface area contributed by atoms with Crippen molar-refractivity contribution in [3.8, 4) is 0 Å². The average Bonchev–Trinajstić information content (AvgIpc) is 3.21. The topological polar surface area (TPSA) is 130 Å². The first kappa shape index (κ1) is 16.9. The van der Waals surface area contributed by atoms with Gasteiger partial charge in [0.2, 0.25) is 20.0 Å². The number of hydrogen-bond donors (Lipinski definition) is 3. The van der Waals surface area contributed by atoms with Gasteiger partial charge in [0, 0.05) is 6.04 Å². The van der Waals surface area contributed by atoms with E-state index in [1.165, 1.54) is 18.2 Å². The first-order valence-electron chi connectivity index (χ1n) is 6.50. The van der Waals surface area contributed by atoms with E-state index in [9.17, 15) is 21.6 Å². The van der Waals surface area contributed by atoms with Gasteiger partial charge in [-0.15, -0.1) is 0 Å². The van der Waals surface area contributed by atoms with E-state index in [4.69, 9.17) is 5.11 Å². The molecule has 22 heavy (non-hydrogen) atoms. The summed E-state index contributed by atoms with van der Waals surface area (Å²) in [6.45, 7) is 1.15. The van der Waals surface area contributed by atoms with Gasteiger partial charge in [-0.2, -0.15) is 4.72 Å². The average molecular weight is 348 g/mol. The summed E-state index contributed by atoms with van der Waals surface area (Å²) < 4.78 is 53.3. The van der Waals surface area contributed by atoms with Gasteiger partial charge in [0.1, 0.15) is 15.8 Å². The Labute approximate surface area is 128 Å². The van der Waals surface area contributed by atoms with Crippen LogP contribution in [0.4, 0.5) is 0 Å². The highest BCUT2D eigenvalue weighted by atomic mass is 32.2. The smallest absolute Gasteiger partial charge is 0.321 e. The summed E-state index contributed by atoms with van der Waals surface area (Å²) in [5.74, 6) is -1.36. The van der Waals surface area contributed by atoms with Crippen molar-refractivity contribution in [3.05, 3.63) is 24.3 Å². The highest BCUT2D eigenvalue weighted by molar-refractivity contribution is 7.92. The van der Waals surface area contributed by atoms with Crippen molar-refractivity contribution in [2.24, 2.45) is 0 Å².